The number of fused-ring (bicyclic) bond motifs is 1. The Kier molecular flexibility index (Phi) is 5.40. The number of aryl methyl sites for hydroxylation is 2. The van der Waals surface area contributed by atoms with Gasteiger partial charge in [0, 0.05) is 16.6 Å². The van der Waals surface area contributed by atoms with Gasteiger partial charge in [-0.2, -0.15) is 0 Å². The summed E-state index contributed by atoms with van der Waals surface area (Å²) in [6, 6.07) is 15.2. The van der Waals surface area contributed by atoms with Gasteiger partial charge in [-0.25, -0.2) is 8.42 Å². The number of carbonyl (C=O) groups excluding carboxylic acids is 1. The molecule has 4 rings (SSSR count). The molecular formula is C21H23N3O3S2. The molecule has 1 fully saturated rings. The normalized spacial score (nSPS) is 22.1. The molecule has 2 aliphatic heterocycles. The highest BCUT2D eigenvalue weighted by Crippen LogP contribution is 2.37. The third-order valence-electron chi connectivity index (χ3n) is 4.91. The quantitative estimate of drug-likeness (QED) is 0.808. The first-order chi connectivity index (χ1) is 13.8. The number of para-hydroxylation sites is 1. The van der Waals surface area contributed by atoms with Crippen LogP contribution >= 0.6 is 11.8 Å². The zero-order valence-corrected chi connectivity index (χ0v) is 18.0. The van der Waals surface area contributed by atoms with Gasteiger partial charge in [0.05, 0.1) is 17.5 Å². The van der Waals surface area contributed by atoms with Gasteiger partial charge in [-0.15, -0.1) is 0 Å². The van der Waals surface area contributed by atoms with Crippen LogP contribution in [0.3, 0.4) is 0 Å². The van der Waals surface area contributed by atoms with E-state index in [1.54, 1.807) is 0 Å². The highest BCUT2D eigenvalue weighted by molar-refractivity contribution is 8.15. The van der Waals surface area contributed by atoms with Gasteiger partial charge >= 0.3 is 0 Å². The summed E-state index contributed by atoms with van der Waals surface area (Å²) in [5.41, 5.74) is 3.82. The second-order valence-electron chi connectivity index (χ2n) is 7.56. The van der Waals surface area contributed by atoms with Crippen LogP contribution < -0.4 is 10.2 Å². The van der Waals surface area contributed by atoms with Gasteiger partial charge in [-0.05, 0) is 49.2 Å². The van der Waals surface area contributed by atoms with Gasteiger partial charge in [0.25, 0.3) is 0 Å². The monoisotopic (exact) mass is 429 g/mol. The SMILES string of the molecule is Cc1cc(C)cc(N(CC(=O)Nc2ccccc2)C2=N[C@H]3CS(=O)(=O)C[C@@H]3S2)c1. The number of benzene rings is 2. The maximum atomic E-state index is 12.8. The average molecular weight is 430 g/mol. The number of hydrogen-bond acceptors (Lipinski definition) is 6. The molecule has 1 amide bonds. The van der Waals surface area contributed by atoms with Crippen molar-refractivity contribution < 1.29 is 13.2 Å². The number of nitrogens with one attached hydrogen (secondary N) is 1. The molecule has 0 aromatic heterocycles. The van der Waals surface area contributed by atoms with Crippen molar-refractivity contribution in [3.8, 4) is 0 Å². The number of anilines is 2. The Labute approximate surface area is 175 Å². The summed E-state index contributed by atoms with van der Waals surface area (Å²) in [6.07, 6.45) is 0. The molecule has 0 unspecified atom stereocenters. The lowest BCUT2D eigenvalue weighted by molar-refractivity contribution is -0.114. The predicted octanol–water partition coefficient (Wildman–Crippen LogP) is 3.02. The summed E-state index contributed by atoms with van der Waals surface area (Å²) in [7, 11) is -3.02. The first kappa shape index (κ1) is 20.0. The smallest absolute Gasteiger partial charge is 0.244 e. The molecule has 1 saturated heterocycles. The van der Waals surface area contributed by atoms with Crippen molar-refractivity contribution >= 4 is 44.0 Å². The fourth-order valence-corrected chi connectivity index (χ4v) is 7.49. The lowest BCUT2D eigenvalue weighted by Gasteiger charge is -2.25. The molecule has 6 nitrogen and oxygen atoms in total. The third kappa shape index (κ3) is 4.64. The minimum Gasteiger partial charge on any atom is -0.325 e. The largest absolute Gasteiger partial charge is 0.325 e. The summed E-state index contributed by atoms with van der Waals surface area (Å²) >= 11 is 1.46. The zero-order valence-electron chi connectivity index (χ0n) is 16.3. The number of amides is 1. The van der Waals surface area contributed by atoms with Crippen LogP contribution in [0.4, 0.5) is 11.4 Å². The molecule has 0 radical (unpaired) electrons. The molecule has 0 spiro atoms. The van der Waals surface area contributed by atoms with Gasteiger partial charge in [-0.1, -0.05) is 36.0 Å². The van der Waals surface area contributed by atoms with Crippen molar-refractivity contribution in [1.29, 1.82) is 0 Å². The molecule has 0 bridgehead atoms. The summed E-state index contributed by atoms with van der Waals surface area (Å²) in [5, 5.41) is 3.56. The summed E-state index contributed by atoms with van der Waals surface area (Å²) in [5.74, 6) is 0.0837. The highest BCUT2D eigenvalue weighted by atomic mass is 32.2. The van der Waals surface area contributed by atoms with Crippen molar-refractivity contribution in [2.24, 2.45) is 4.99 Å². The van der Waals surface area contributed by atoms with Crippen LogP contribution in [0, 0.1) is 13.8 Å². The number of amidine groups is 1. The number of thioether (sulfide) groups is 1. The average Bonchev–Trinajstić information content (AvgIpc) is 3.13. The van der Waals surface area contributed by atoms with Gasteiger partial charge in [-0.3, -0.25) is 9.79 Å². The summed E-state index contributed by atoms with van der Waals surface area (Å²) < 4.78 is 23.8. The van der Waals surface area contributed by atoms with Crippen molar-refractivity contribution in [2.75, 3.05) is 28.3 Å². The number of rotatable bonds is 4. The highest BCUT2D eigenvalue weighted by Gasteiger charge is 2.44. The molecule has 2 aliphatic rings. The van der Waals surface area contributed by atoms with Crippen molar-refractivity contribution in [1.82, 2.24) is 0 Å². The van der Waals surface area contributed by atoms with Gasteiger partial charge in [0.1, 0.15) is 6.54 Å². The van der Waals surface area contributed by atoms with E-state index in [9.17, 15) is 13.2 Å². The second-order valence-corrected chi connectivity index (χ2v) is 10.9. The third-order valence-corrected chi connectivity index (χ3v) is 8.16. The molecule has 1 N–H and O–H groups in total. The van der Waals surface area contributed by atoms with Crippen molar-refractivity contribution in [3.63, 3.8) is 0 Å². The maximum Gasteiger partial charge on any atom is 0.244 e. The molecule has 2 aromatic rings. The summed E-state index contributed by atoms with van der Waals surface area (Å²) in [4.78, 5) is 19.3. The Morgan fingerprint density at radius 1 is 1.14 bits per heavy atom. The Bertz CT molecular complexity index is 1050. The molecule has 29 heavy (non-hydrogen) atoms. The van der Waals surface area contributed by atoms with Crippen LogP contribution in [0.25, 0.3) is 0 Å². The molecular weight excluding hydrogens is 406 g/mol. The Morgan fingerprint density at radius 3 is 2.48 bits per heavy atom. The van der Waals surface area contributed by atoms with E-state index in [0.29, 0.717) is 5.17 Å². The molecule has 0 saturated carbocycles. The summed E-state index contributed by atoms with van der Waals surface area (Å²) in [6.45, 7) is 4.14. The topological polar surface area (TPSA) is 78.8 Å². The predicted molar refractivity (Wildman–Crippen MR) is 120 cm³/mol. The number of aliphatic imine (C=N–C) groups is 1. The number of carbonyl (C=O) groups is 1. The van der Waals surface area contributed by atoms with E-state index in [2.05, 4.69) is 16.4 Å². The van der Waals surface area contributed by atoms with Crippen LogP contribution in [-0.4, -0.2) is 48.8 Å². The lowest BCUT2D eigenvalue weighted by atomic mass is 10.1. The van der Waals surface area contributed by atoms with Crippen molar-refractivity contribution in [3.05, 3.63) is 59.7 Å². The van der Waals surface area contributed by atoms with E-state index < -0.39 is 9.84 Å². The fourth-order valence-electron chi connectivity index (χ4n) is 3.71. The van der Waals surface area contributed by atoms with E-state index in [0.717, 1.165) is 22.5 Å². The van der Waals surface area contributed by atoms with Crippen molar-refractivity contribution in [2.45, 2.75) is 25.1 Å². The Balaban J connectivity index is 1.61. The van der Waals surface area contributed by atoms with Gasteiger partial charge < -0.3 is 10.2 Å². The first-order valence-electron chi connectivity index (χ1n) is 9.45. The zero-order chi connectivity index (χ0) is 20.6. The van der Waals surface area contributed by atoms with Crippen LogP contribution in [0.15, 0.2) is 53.5 Å². The van der Waals surface area contributed by atoms with E-state index in [4.69, 9.17) is 0 Å². The van der Waals surface area contributed by atoms with Crippen LogP contribution in [-0.2, 0) is 14.6 Å². The Morgan fingerprint density at radius 2 is 1.83 bits per heavy atom. The molecule has 2 atom stereocenters. The number of hydrogen-bond donors (Lipinski definition) is 1. The lowest BCUT2D eigenvalue weighted by Crippen LogP contribution is -2.36. The van der Waals surface area contributed by atoms with Gasteiger partial charge in [0.2, 0.25) is 5.91 Å². The second kappa shape index (κ2) is 7.84. The molecule has 152 valence electrons. The molecule has 2 heterocycles. The van der Waals surface area contributed by atoms with E-state index in [1.165, 1.54) is 11.8 Å². The number of nitrogens with zero attached hydrogens (tertiary/aromatic N) is 2. The van der Waals surface area contributed by atoms with E-state index in [-0.39, 0.29) is 35.2 Å². The Hall–Kier alpha value is -2.32. The molecule has 8 heteroatoms. The molecule has 2 aromatic carbocycles. The minimum atomic E-state index is -3.02. The van der Waals surface area contributed by atoms with E-state index in [1.807, 2.05) is 61.2 Å². The maximum absolute atomic E-state index is 12.8. The van der Waals surface area contributed by atoms with Crippen LogP contribution in [0.1, 0.15) is 11.1 Å². The van der Waals surface area contributed by atoms with Gasteiger partial charge in [0.15, 0.2) is 15.0 Å². The van der Waals surface area contributed by atoms with Crippen LogP contribution in [0.2, 0.25) is 0 Å². The minimum absolute atomic E-state index is 0.0689. The van der Waals surface area contributed by atoms with E-state index >= 15 is 0 Å². The fraction of sp³-hybridized carbons (Fsp3) is 0.333. The standard InChI is InChI=1S/C21H23N3O3S2/c1-14-8-15(2)10-17(9-14)24(11-20(25)22-16-6-4-3-5-7-16)21-23-18-12-29(26,27)13-19(18)28-21/h3-10,18-19H,11-13H2,1-2H3,(H,22,25)/t18-,19-/m0/s1. The number of sulfone groups is 1. The van der Waals surface area contributed by atoms with Crippen LogP contribution in [0.5, 0.6) is 0 Å². The first-order valence-corrected chi connectivity index (χ1v) is 12.1. The molecule has 0 aliphatic carbocycles.